The van der Waals surface area contributed by atoms with E-state index < -0.39 is 0 Å². The molecule has 59 heavy (non-hydrogen) atoms. The highest BCUT2D eigenvalue weighted by molar-refractivity contribution is 7.25. The quantitative estimate of drug-likeness (QED) is 0.153. The number of unbranched alkanes of at least 4 members (excludes halogenated alkanes) is 1. The third-order valence-electron chi connectivity index (χ3n) is 12.5. The lowest BCUT2D eigenvalue weighted by Crippen LogP contribution is -1.95. The first-order valence-electron chi connectivity index (χ1n) is 20.8. The van der Waals surface area contributed by atoms with Gasteiger partial charge in [-0.25, -0.2) is 0 Å². The zero-order valence-corrected chi connectivity index (χ0v) is 33.6. The predicted molar refractivity (Wildman–Crippen MR) is 255 cm³/mol. The van der Waals surface area contributed by atoms with Gasteiger partial charge < -0.3 is 9.13 Å². The minimum atomic E-state index is 1.14. The maximum atomic E-state index is 2.49. The van der Waals surface area contributed by atoms with E-state index in [1.807, 2.05) is 11.3 Å². The Hall–Kier alpha value is -6.94. The van der Waals surface area contributed by atoms with E-state index in [1.165, 1.54) is 127 Å². The SMILES string of the molecule is CCCCc1ccc2cc(-n3c4ccccc4c4cc(-c5ccc6c(c5)c5ccccc5n6-c5cccc6sc7ccc(-c8ccccc8)cc7c56)ccc43)ccc2c1. The van der Waals surface area contributed by atoms with Gasteiger partial charge in [-0.3, -0.25) is 0 Å². The van der Waals surface area contributed by atoms with Crippen molar-refractivity contribution in [2.45, 2.75) is 26.2 Å². The van der Waals surface area contributed by atoms with Crippen molar-refractivity contribution in [1.29, 1.82) is 0 Å². The molecule has 0 atom stereocenters. The molecule has 3 heterocycles. The Balaban J connectivity index is 1.00. The molecule has 0 amide bonds. The number of nitrogens with zero attached hydrogens (tertiary/aromatic N) is 2. The first kappa shape index (κ1) is 34.1. The molecule has 0 saturated heterocycles. The molecule has 9 aromatic carbocycles. The Morgan fingerprint density at radius 2 is 1.02 bits per heavy atom. The summed E-state index contributed by atoms with van der Waals surface area (Å²) >= 11 is 1.88. The average molecular weight is 773 g/mol. The number of fused-ring (bicyclic) bond motifs is 10. The van der Waals surface area contributed by atoms with Gasteiger partial charge in [0.15, 0.2) is 0 Å². The fourth-order valence-electron chi connectivity index (χ4n) is 9.61. The Kier molecular flexibility index (Phi) is 7.86. The maximum absolute atomic E-state index is 2.49. The van der Waals surface area contributed by atoms with E-state index in [9.17, 15) is 0 Å². The van der Waals surface area contributed by atoms with E-state index in [2.05, 4.69) is 204 Å². The Morgan fingerprint density at radius 3 is 1.78 bits per heavy atom. The summed E-state index contributed by atoms with van der Waals surface area (Å²) in [4.78, 5) is 0. The number of thiophene rings is 1. The van der Waals surface area contributed by atoms with Gasteiger partial charge in [0.2, 0.25) is 0 Å². The van der Waals surface area contributed by atoms with E-state index in [4.69, 9.17) is 0 Å². The molecule has 0 aliphatic heterocycles. The van der Waals surface area contributed by atoms with Gasteiger partial charge in [0.1, 0.15) is 0 Å². The van der Waals surface area contributed by atoms with Gasteiger partial charge in [-0.2, -0.15) is 0 Å². The van der Waals surface area contributed by atoms with Crippen LogP contribution >= 0.6 is 11.3 Å². The summed E-state index contributed by atoms with van der Waals surface area (Å²) in [5.41, 5.74) is 13.6. The molecule has 0 N–H and O–H groups in total. The van der Waals surface area contributed by atoms with Gasteiger partial charge in [0.25, 0.3) is 0 Å². The highest BCUT2D eigenvalue weighted by Crippen LogP contribution is 2.43. The minimum Gasteiger partial charge on any atom is -0.309 e. The molecule has 0 spiro atoms. The van der Waals surface area contributed by atoms with Crippen molar-refractivity contribution in [2.75, 3.05) is 0 Å². The number of aromatic nitrogens is 2. The minimum absolute atomic E-state index is 1.14. The fraction of sp³-hybridized carbons (Fsp3) is 0.0714. The Labute approximate surface area is 346 Å². The molecule has 12 rings (SSSR count). The lowest BCUT2D eigenvalue weighted by molar-refractivity contribution is 0.796. The molecular weight excluding hydrogens is 733 g/mol. The molecule has 0 unspecified atom stereocenters. The zero-order valence-electron chi connectivity index (χ0n) is 32.8. The molecule has 280 valence electrons. The van der Waals surface area contributed by atoms with Crippen molar-refractivity contribution in [3.63, 3.8) is 0 Å². The average Bonchev–Trinajstić information content (AvgIpc) is 3.95. The van der Waals surface area contributed by atoms with Crippen molar-refractivity contribution in [3.05, 3.63) is 194 Å². The summed E-state index contributed by atoms with van der Waals surface area (Å²) in [5.74, 6) is 0. The van der Waals surface area contributed by atoms with Gasteiger partial charge in [-0.15, -0.1) is 11.3 Å². The van der Waals surface area contributed by atoms with Crippen LogP contribution in [0.1, 0.15) is 25.3 Å². The molecule has 0 aliphatic carbocycles. The first-order chi connectivity index (χ1) is 29.2. The van der Waals surface area contributed by atoms with Gasteiger partial charge in [0, 0.05) is 47.4 Å². The number of rotatable bonds is 7. The van der Waals surface area contributed by atoms with Gasteiger partial charge in [-0.05, 0) is 124 Å². The largest absolute Gasteiger partial charge is 0.309 e. The molecule has 2 nitrogen and oxygen atoms in total. The topological polar surface area (TPSA) is 9.86 Å². The van der Waals surface area contributed by atoms with Crippen LogP contribution in [-0.2, 0) is 6.42 Å². The first-order valence-corrected chi connectivity index (χ1v) is 21.6. The molecule has 0 saturated carbocycles. The number of aryl methyl sites for hydroxylation is 1. The summed E-state index contributed by atoms with van der Waals surface area (Å²) < 4.78 is 7.54. The van der Waals surface area contributed by atoms with Crippen molar-refractivity contribution in [2.24, 2.45) is 0 Å². The van der Waals surface area contributed by atoms with Crippen LogP contribution in [0, 0.1) is 0 Å². The maximum Gasteiger partial charge on any atom is 0.0555 e. The van der Waals surface area contributed by atoms with E-state index in [0.29, 0.717) is 0 Å². The molecule has 0 radical (unpaired) electrons. The summed E-state index contributed by atoms with van der Waals surface area (Å²) in [6.45, 7) is 2.26. The lowest BCUT2D eigenvalue weighted by atomic mass is 10.0. The summed E-state index contributed by atoms with van der Waals surface area (Å²) in [7, 11) is 0. The van der Waals surface area contributed by atoms with Crippen LogP contribution in [0.25, 0.3) is 108 Å². The van der Waals surface area contributed by atoms with Gasteiger partial charge in [-0.1, -0.05) is 129 Å². The van der Waals surface area contributed by atoms with E-state index >= 15 is 0 Å². The van der Waals surface area contributed by atoms with E-state index in [0.717, 1.165) is 6.42 Å². The highest BCUT2D eigenvalue weighted by Gasteiger charge is 2.19. The number of hydrogen-bond donors (Lipinski definition) is 0. The zero-order chi connectivity index (χ0) is 39.0. The van der Waals surface area contributed by atoms with Crippen LogP contribution in [0.3, 0.4) is 0 Å². The van der Waals surface area contributed by atoms with Crippen molar-refractivity contribution < 1.29 is 0 Å². The lowest BCUT2D eigenvalue weighted by Gasteiger charge is -2.11. The number of benzene rings is 9. The van der Waals surface area contributed by atoms with Crippen LogP contribution in [0.4, 0.5) is 0 Å². The van der Waals surface area contributed by atoms with Crippen LogP contribution in [0.15, 0.2) is 188 Å². The third kappa shape index (κ3) is 5.46. The van der Waals surface area contributed by atoms with Crippen molar-refractivity contribution in [3.8, 4) is 33.6 Å². The second-order valence-corrected chi connectivity index (χ2v) is 17.1. The van der Waals surface area contributed by atoms with Crippen LogP contribution < -0.4 is 0 Å². The fourth-order valence-corrected chi connectivity index (χ4v) is 10.7. The normalized spacial score (nSPS) is 12.0. The molecule has 3 heteroatoms. The highest BCUT2D eigenvalue weighted by atomic mass is 32.1. The second-order valence-electron chi connectivity index (χ2n) is 16.0. The smallest absolute Gasteiger partial charge is 0.0555 e. The molecule has 0 aliphatic rings. The molecule has 12 aromatic rings. The summed E-state index contributed by atoms with van der Waals surface area (Å²) in [6.07, 6.45) is 3.58. The molecule has 0 bridgehead atoms. The van der Waals surface area contributed by atoms with E-state index in [-0.39, 0.29) is 0 Å². The predicted octanol–water partition coefficient (Wildman–Crippen LogP) is 16.1. The summed E-state index contributed by atoms with van der Waals surface area (Å²) in [5, 5.41) is 10.2. The van der Waals surface area contributed by atoms with Crippen LogP contribution in [-0.4, -0.2) is 9.13 Å². The molecule has 0 fully saturated rings. The van der Waals surface area contributed by atoms with Crippen LogP contribution in [0.2, 0.25) is 0 Å². The Bertz CT molecular complexity index is 3600. The summed E-state index contributed by atoms with van der Waals surface area (Å²) in [6, 6.07) is 70.2. The van der Waals surface area contributed by atoms with Crippen molar-refractivity contribution in [1.82, 2.24) is 9.13 Å². The van der Waals surface area contributed by atoms with Crippen LogP contribution in [0.5, 0.6) is 0 Å². The third-order valence-corrected chi connectivity index (χ3v) is 13.6. The monoisotopic (exact) mass is 772 g/mol. The standard InChI is InChI=1S/C56H40N2S/c1-2-3-12-36-21-22-39-32-43(27-23-38(39)31-36)57-49-17-9-7-15-44(49)46-33-41(24-28-51(46)57)42-25-29-52-47(34-42)45-16-8-10-18-50(45)58(52)53-19-11-20-55-56(53)48-35-40(26-30-54(48)59-55)37-13-5-4-6-14-37/h4-11,13-35H,2-3,12H2,1H3. The second kappa shape index (κ2) is 13.6. The molecular formula is C56H40N2S. The van der Waals surface area contributed by atoms with Gasteiger partial charge >= 0.3 is 0 Å². The Morgan fingerprint density at radius 1 is 0.407 bits per heavy atom. The number of hydrogen-bond acceptors (Lipinski definition) is 1. The van der Waals surface area contributed by atoms with E-state index in [1.54, 1.807) is 0 Å². The molecule has 3 aromatic heterocycles. The van der Waals surface area contributed by atoms with Gasteiger partial charge in [0.05, 0.1) is 27.8 Å². The van der Waals surface area contributed by atoms with Crippen molar-refractivity contribution >= 4 is 85.9 Å². The number of para-hydroxylation sites is 2.